The fourth-order valence-corrected chi connectivity index (χ4v) is 4.61. The third kappa shape index (κ3) is 5.14. The number of rotatable bonds is 9. The summed E-state index contributed by atoms with van der Waals surface area (Å²) in [5, 5.41) is 5.84. The fraction of sp³-hybridized carbons (Fsp3) is 0.350. The maximum absolute atomic E-state index is 12.7. The molecule has 0 atom stereocenters. The molecule has 1 N–H and O–H groups in total. The van der Waals surface area contributed by atoms with Crippen LogP contribution in [-0.2, 0) is 15.3 Å². The van der Waals surface area contributed by atoms with Crippen molar-refractivity contribution in [3.05, 3.63) is 46.7 Å². The number of para-hydroxylation sites is 1. The molecule has 3 aromatic rings. The summed E-state index contributed by atoms with van der Waals surface area (Å²) in [6.45, 7) is 2.44. The summed E-state index contributed by atoms with van der Waals surface area (Å²) in [4.78, 5) is 28.3. The van der Waals surface area contributed by atoms with Gasteiger partial charge in [-0.15, -0.1) is 11.3 Å². The second-order valence-corrected chi connectivity index (χ2v) is 8.32. The Bertz CT molecular complexity index is 964. The third-order valence-corrected chi connectivity index (χ3v) is 6.33. The van der Waals surface area contributed by atoms with Crippen molar-refractivity contribution < 1.29 is 18.7 Å². The number of ether oxygens (including phenoxy) is 1. The minimum atomic E-state index is -0.236. The number of nitrogens with zero attached hydrogens (tertiary/aromatic N) is 1. The van der Waals surface area contributed by atoms with Crippen LogP contribution in [0.25, 0.3) is 11.0 Å². The van der Waals surface area contributed by atoms with Gasteiger partial charge in [-0.25, -0.2) is 4.98 Å². The Kier molecular flexibility index (Phi) is 7.11. The van der Waals surface area contributed by atoms with Crippen molar-refractivity contribution in [1.29, 1.82) is 0 Å². The van der Waals surface area contributed by atoms with Gasteiger partial charge in [0, 0.05) is 40.7 Å². The molecule has 0 saturated carbocycles. The maximum atomic E-state index is 12.7. The third-order valence-electron chi connectivity index (χ3n) is 4.16. The number of unbranched alkanes of at least 4 members (excludes halogenated alkanes) is 1. The minimum Gasteiger partial charge on any atom is -0.469 e. The van der Waals surface area contributed by atoms with Crippen LogP contribution in [0.3, 0.4) is 0 Å². The zero-order valence-electron chi connectivity index (χ0n) is 15.8. The highest BCUT2D eigenvalue weighted by atomic mass is 32.2. The smallest absolute Gasteiger partial charge is 0.305 e. The summed E-state index contributed by atoms with van der Waals surface area (Å²) in [5.74, 6) is 0.477. The van der Waals surface area contributed by atoms with E-state index in [1.54, 1.807) is 23.1 Å². The highest BCUT2D eigenvalue weighted by Crippen LogP contribution is 2.33. The van der Waals surface area contributed by atoms with Crippen LogP contribution in [0.1, 0.15) is 41.1 Å². The van der Waals surface area contributed by atoms with Crippen molar-refractivity contribution in [1.82, 2.24) is 10.3 Å². The molecule has 1 aromatic carbocycles. The van der Waals surface area contributed by atoms with E-state index >= 15 is 0 Å². The van der Waals surface area contributed by atoms with E-state index in [-0.39, 0.29) is 11.9 Å². The molecule has 0 aliphatic heterocycles. The molecular weight excluding hydrogens is 396 g/mol. The lowest BCUT2D eigenvalue weighted by Crippen LogP contribution is -2.25. The molecule has 1 amide bonds. The monoisotopic (exact) mass is 418 g/mol. The Morgan fingerprint density at radius 3 is 2.86 bits per heavy atom. The number of thiazole rings is 1. The van der Waals surface area contributed by atoms with Gasteiger partial charge in [-0.1, -0.05) is 30.0 Å². The summed E-state index contributed by atoms with van der Waals surface area (Å²) in [7, 11) is 1.37. The van der Waals surface area contributed by atoms with Gasteiger partial charge in [-0.2, -0.15) is 0 Å². The van der Waals surface area contributed by atoms with E-state index in [1.807, 2.05) is 36.6 Å². The molecule has 6 nitrogen and oxygen atoms in total. The number of amides is 1. The van der Waals surface area contributed by atoms with Crippen molar-refractivity contribution in [2.45, 2.75) is 36.3 Å². The van der Waals surface area contributed by atoms with Gasteiger partial charge in [-0.05, 0) is 25.8 Å². The van der Waals surface area contributed by atoms with E-state index in [0.717, 1.165) is 21.0 Å². The molecule has 0 aliphatic carbocycles. The number of aromatic nitrogens is 1. The molecule has 8 heteroatoms. The van der Waals surface area contributed by atoms with Gasteiger partial charge in [-0.3, -0.25) is 9.59 Å². The standard InChI is InChI=1S/C20H22N2O4S2/c1-13-11-27-20(22-13)28-12-15-14-7-3-4-8-16(14)26-18(15)19(24)21-10-6-5-9-17(23)25-2/h3-4,7-8,11H,5-6,9-10,12H2,1-2H3,(H,21,24). The molecule has 2 aromatic heterocycles. The number of nitrogens with one attached hydrogen (secondary N) is 1. The Balaban J connectivity index is 1.67. The zero-order valence-corrected chi connectivity index (χ0v) is 17.5. The van der Waals surface area contributed by atoms with E-state index in [4.69, 9.17) is 4.42 Å². The van der Waals surface area contributed by atoms with Crippen LogP contribution in [0.5, 0.6) is 0 Å². The van der Waals surface area contributed by atoms with Gasteiger partial charge in [0.1, 0.15) is 9.92 Å². The van der Waals surface area contributed by atoms with Crippen LogP contribution in [-0.4, -0.2) is 30.5 Å². The number of carbonyl (C=O) groups excluding carboxylic acids is 2. The molecule has 148 valence electrons. The molecule has 0 spiro atoms. The Morgan fingerprint density at radius 2 is 2.11 bits per heavy atom. The van der Waals surface area contributed by atoms with Crippen molar-refractivity contribution in [2.24, 2.45) is 0 Å². The van der Waals surface area contributed by atoms with Crippen LogP contribution in [0, 0.1) is 6.92 Å². The van der Waals surface area contributed by atoms with Gasteiger partial charge in [0.25, 0.3) is 5.91 Å². The summed E-state index contributed by atoms with van der Waals surface area (Å²) in [6.07, 6.45) is 1.72. The first-order valence-corrected chi connectivity index (χ1v) is 10.9. The maximum Gasteiger partial charge on any atom is 0.305 e. The Morgan fingerprint density at radius 1 is 1.29 bits per heavy atom. The molecule has 0 fully saturated rings. The zero-order chi connectivity index (χ0) is 19.9. The van der Waals surface area contributed by atoms with Crippen molar-refractivity contribution >= 4 is 45.9 Å². The average Bonchev–Trinajstić information content (AvgIpc) is 3.28. The number of benzene rings is 1. The molecule has 0 radical (unpaired) electrons. The number of esters is 1. The number of furan rings is 1. The Hall–Kier alpha value is -2.32. The van der Waals surface area contributed by atoms with Crippen molar-refractivity contribution in [2.75, 3.05) is 13.7 Å². The molecule has 3 rings (SSSR count). The first-order chi connectivity index (χ1) is 13.6. The first kappa shape index (κ1) is 20.4. The fourth-order valence-electron chi connectivity index (χ4n) is 2.74. The van der Waals surface area contributed by atoms with E-state index < -0.39 is 0 Å². The first-order valence-electron chi connectivity index (χ1n) is 8.99. The molecule has 0 aliphatic rings. The van der Waals surface area contributed by atoms with Crippen molar-refractivity contribution in [3.63, 3.8) is 0 Å². The van der Waals surface area contributed by atoms with Gasteiger partial charge in [0.05, 0.1) is 7.11 Å². The molecular formula is C20H22N2O4S2. The molecule has 28 heavy (non-hydrogen) atoms. The van der Waals surface area contributed by atoms with Gasteiger partial charge in [0.2, 0.25) is 0 Å². The number of hydrogen-bond donors (Lipinski definition) is 1. The second-order valence-electron chi connectivity index (χ2n) is 6.24. The van der Waals surface area contributed by atoms with E-state index in [2.05, 4.69) is 15.0 Å². The van der Waals surface area contributed by atoms with Gasteiger partial charge < -0.3 is 14.5 Å². The van der Waals surface area contributed by atoms with Crippen LogP contribution in [0.4, 0.5) is 0 Å². The highest BCUT2D eigenvalue weighted by Gasteiger charge is 2.20. The second kappa shape index (κ2) is 9.75. The van der Waals surface area contributed by atoms with Crippen LogP contribution in [0.15, 0.2) is 38.4 Å². The molecule has 2 heterocycles. The normalized spacial score (nSPS) is 10.9. The average molecular weight is 419 g/mol. The van der Waals surface area contributed by atoms with Gasteiger partial charge >= 0.3 is 5.97 Å². The Labute approximate surface area is 171 Å². The van der Waals surface area contributed by atoms with E-state index in [0.29, 0.717) is 42.9 Å². The van der Waals surface area contributed by atoms with Gasteiger partial charge in [0.15, 0.2) is 5.76 Å². The number of fused-ring (bicyclic) bond motifs is 1. The lowest BCUT2D eigenvalue weighted by molar-refractivity contribution is -0.140. The topological polar surface area (TPSA) is 81.4 Å². The number of carbonyl (C=O) groups is 2. The van der Waals surface area contributed by atoms with Crippen molar-refractivity contribution in [3.8, 4) is 0 Å². The van der Waals surface area contributed by atoms with E-state index in [9.17, 15) is 9.59 Å². The molecule has 0 unspecified atom stereocenters. The summed E-state index contributed by atoms with van der Waals surface area (Å²) >= 11 is 3.20. The minimum absolute atomic E-state index is 0.236. The predicted octanol–water partition coefficient (Wildman–Crippen LogP) is 4.56. The quantitative estimate of drug-likeness (QED) is 0.312. The number of methoxy groups -OCH3 is 1. The van der Waals surface area contributed by atoms with Crippen LogP contribution < -0.4 is 5.32 Å². The summed E-state index contributed by atoms with van der Waals surface area (Å²) in [5.41, 5.74) is 2.57. The van der Waals surface area contributed by atoms with Crippen LogP contribution >= 0.6 is 23.1 Å². The molecule has 0 bridgehead atoms. The summed E-state index contributed by atoms with van der Waals surface area (Å²) < 4.78 is 11.4. The lowest BCUT2D eigenvalue weighted by atomic mass is 10.1. The predicted molar refractivity (Wildman–Crippen MR) is 111 cm³/mol. The number of aryl methyl sites for hydroxylation is 1. The summed E-state index contributed by atoms with van der Waals surface area (Å²) in [6, 6.07) is 7.66. The highest BCUT2D eigenvalue weighted by molar-refractivity contribution is 8.00. The van der Waals surface area contributed by atoms with Crippen LogP contribution in [0.2, 0.25) is 0 Å². The molecule has 0 saturated heterocycles. The lowest BCUT2D eigenvalue weighted by Gasteiger charge is -2.05. The SMILES string of the molecule is COC(=O)CCCCNC(=O)c1oc2ccccc2c1CSc1nc(C)cs1. The largest absolute Gasteiger partial charge is 0.469 e. The van der Waals surface area contributed by atoms with E-state index in [1.165, 1.54) is 7.11 Å². The number of thioether (sulfide) groups is 1. The number of hydrogen-bond acceptors (Lipinski definition) is 7.